The molecular weight excluding hydrogens is 396 g/mol. The Balaban J connectivity index is 1.60. The Hall–Kier alpha value is -3.03. The van der Waals surface area contributed by atoms with Gasteiger partial charge < -0.3 is 24.4 Å². The number of amides is 3. The van der Waals surface area contributed by atoms with Crippen LogP contribution in [0.4, 0.5) is 4.79 Å². The quantitative estimate of drug-likeness (QED) is 0.796. The van der Waals surface area contributed by atoms with E-state index in [-0.39, 0.29) is 18.0 Å². The van der Waals surface area contributed by atoms with Gasteiger partial charge in [0.05, 0.1) is 12.2 Å². The van der Waals surface area contributed by atoms with Crippen LogP contribution < -0.4 is 10.1 Å². The third-order valence-electron chi connectivity index (χ3n) is 6.05. The van der Waals surface area contributed by atoms with Gasteiger partial charge >= 0.3 is 6.03 Å². The lowest BCUT2D eigenvalue weighted by atomic mass is 9.90. The molecule has 8 heteroatoms. The Bertz CT molecular complexity index is 956. The Kier molecular flexibility index (Phi) is 5.64. The molecule has 1 spiro atoms. The average Bonchev–Trinajstić information content (AvgIpc) is 2.97. The maximum absolute atomic E-state index is 13.5. The zero-order valence-corrected chi connectivity index (χ0v) is 18.6. The van der Waals surface area contributed by atoms with E-state index in [9.17, 15) is 9.59 Å². The second kappa shape index (κ2) is 8.24. The van der Waals surface area contributed by atoms with Gasteiger partial charge in [0.15, 0.2) is 0 Å². The van der Waals surface area contributed by atoms with E-state index in [1.165, 1.54) is 0 Å². The van der Waals surface area contributed by atoms with Crippen molar-refractivity contribution in [3.05, 3.63) is 46.8 Å². The molecule has 166 valence electrons. The summed E-state index contributed by atoms with van der Waals surface area (Å²) in [6.45, 7) is 9.51. The molecule has 2 aromatic rings. The largest absolute Gasteiger partial charge is 0.485 e. The van der Waals surface area contributed by atoms with Crippen LogP contribution in [-0.4, -0.2) is 58.2 Å². The molecule has 1 N–H and O–H groups in total. The summed E-state index contributed by atoms with van der Waals surface area (Å²) in [6, 6.07) is 7.89. The second-order valence-corrected chi connectivity index (χ2v) is 8.84. The van der Waals surface area contributed by atoms with Gasteiger partial charge in [-0.1, -0.05) is 23.4 Å². The monoisotopic (exact) mass is 426 g/mol. The van der Waals surface area contributed by atoms with Gasteiger partial charge in [-0.25, -0.2) is 4.79 Å². The van der Waals surface area contributed by atoms with Crippen molar-refractivity contribution < 1.29 is 18.8 Å². The normalized spacial score (nSPS) is 17.8. The molecule has 1 aromatic heterocycles. The van der Waals surface area contributed by atoms with E-state index in [1.807, 2.05) is 47.9 Å². The molecule has 8 nitrogen and oxygen atoms in total. The SMILES string of the molecule is Cc1noc(C)c1C(=O)N1Cc2ccccc2OC2(CCN(C(=O)NC(C)C)CC2)C1. The number of urea groups is 1. The van der Waals surface area contributed by atoms with Crippen LogP contribution in [0, 0.1) is 13.8 Å². The highest BCUT2D eigenvalue weighted by Gasteiger charge is 2.43. The molecule has 0 unspecified atom stereocenters. The van der Waals surface area contributed by atoms with Crippen LogP contribution in [0.5, 0.6) is 5.75 Å². The minimum Gasteiger partial charge on any atom is -0.485 e. The highest BCUT2D eigenvalue weighted by Crippen LogP contribution is 2.36. The van der Waals surface area contributed by atoms with E-state index in [2.05, 4.69) is 10.5 Å². The van der Waals surface area contributed by atoms with Gasteiger partial charge in [0.2, 0.25) is 0 Å². The van der Waals surface area contributed by atoms with Gasteiger partial charge in [-0.15, -0.1) is 0 Å². The molecule has 4 rings (SSSR count). The smallest absolute Gasteiger partial charge is 0.317 e. The average molecular weight is 427 g/mol. The number of para-hydroxylation sites is 1. The molecule has 31 heavy (non-hydrogen) atoms. The van der Waals surface area contributed by atoms with E-state index < -0.39 is 5.60 Å². The highest BCUT2D eigenvalue weighted by molar-refractivity contribution is 5.96. The fourth-order valence-corrected chi connectivity index (χ4v) is 4.41. The summed E-state index contributed by atoms with van der Waals surface area (Å²) in [5.74, 6) is 1.22. The van der Waals surface area contributed by atoms with Crippen LogP contribution in [0.2, 0.25) is 0 Å². The van der Waals surface area contributed by atoms with Crippen molar-refractivity contribution in [3.63, 3.8) is 0 Å². The third kappa shape index (κ3) is 4.24. The van der Waals surface area contributed by atoms with Crippen LogP contribution >= 0.6 is 0 Å². The number of aromatic nitrogens is 1. The molecule has 1 saturated heterocycles. The number of hydrogen-bond acceptors (Lipinski definition) is 5. The second-order valence-electron chi connectivity index (χ2n) is 8.84. The fourth-order valence-electron chi connectivity index (χ4n) is 4.41. The van der Waals surface area contributed by atoms with Crippen molar-refractivity contribution in [3.8, 4) is 5.75 Å². The number of aryl methyl sites for hydroxylation is 2. The zero-order valence-electron chi connectivity index (χ0n) is 18.6. The summed E-state index contributed by atoms with van der Waals surface area (Å²) in [6.07, 6.45) is 1.30. The van der Waals surface area contributed by atoms with Gasteiger partial charge in [0.1, 0.15) is 22.7 Å². The zero-order chi connectivity index (χ0) is 22.2. The summed E-state index contributed by atoms with van der Waals surface area (Å²) in [7, 11) is 0. The summed E-state index contributed by atoms with van der Waals surface area (Å²) < 4.78 is 11.8. The molecule has 0 aliphatic carbocycles. The summed E-state index contributed by atoms with van der Waals surface area (Å²) in [4.78, 5) is 29.6. The van der Waals surface area contributed by atoms with E-state index in [4.69, 9.17) is 9.26 Å². The van der Waals surface area contributed by atoms with Gasteiger partial charge in [-0.3, -0.25) is 4.79 Å². The standard InChI is InChI=1S/C23H30N4O4/c1-15(2)24-22(29)26-11-9-23(10-12-26)14-27(13-18-7-5-6-8-19(18)30-23)21(28)20-16(3)25-31-17(20)4/h5-8,15H,9-14H2,1-4H3,(H,24,29). The first kappa shape index (κ1) is 21.2. The third-order valence-corrected chi connectivity index (χ3v) is 6.05. The molecule has 0 bridgehead atoms. The number of rotatable bonds is 2. The molecule has 0 atom stereocenters. The lowest BCUT2D eigenvalue weighted by Gasteiger charge is -2.42. The number of ether oxygens (including phenoxy) is 1. The maximum Gasteiger partial charge on any atom is 0.317 e. The molecule has 2 aliphatic rings. The van der Waals surface area contributed by atoms with Gasteiger partial charge in [0.25, 0.3) is 5.91 Å². The molecule has 2 aliphatic heterocycles. The Labute approximate surface area is 182 Å². The van der Waals surface area contributed by atoms with Crippen LogP contribution in [0.25, 0.3) is 0 Å². The number of nitrogens with zero attached hydrogens (tertiary/aromatic N) is 3. The minimum atomic E-state index is -0.546. The minimum absolute atomic E-state index is 0.0532. The van der Waals surface area contributed by atoms with Crippen molar-refractivity contribution >= 4 is 11.9 Å². The number of benzene rings is 1. The van der Waals surface area contributed by atoms with E-state index in [0.29, 0.717) is 56.0 Å². The van der Waals surface area contributed by atoms with Crippen molar-refractivity contribution in [2.24, 2.45) is 0 Å². The molecule has 1 aromatic carbocycles. The Morgan fingerprint density at radius 2 is 1.84 bits per heavy atom. The number of piperidine rings is 1. The van der Waals surface area contributed by atoms with Gasteiger partial charge in [0, 0.05) is 44.1 Å². The number of hydrogen-bond donors (Lipinski definition) is 1. The molecule has 3 heterocycles. The first-order valence-corrected chi connectivity index (χ1v) is 10.8. The van der Waals surface area contributed by atoms with Crippen molar-refractivity contribution in [1.29, 1.82) is 0 Å². The maximum atomic E-state index is 13.5. The summed E-state index contributed by atoms with van der Waals surface area (Å²) >= 11 is 0. The van der Waals surface area contributed by atoms with Crippen LogP contribution in [0.3, 0.4) is 0 Å². The molecular formula is C23H30N4O4. The van der Waals surface area contributed by atoms with Gasteiger partial charge in [-0.2, -0.15) is 0 Å². The predicted molar refractivity (Wildman–Crippen MR) is 115 cm³/mol. The van der Waals surface area contributed by atoms with Gasteiger partial charge in [-0.05, 0) is 33.8 Å². The molecule has 1 fully saturated rings. The van der Waals surface area contributed by atoms with E-state index in [1.54, 1.807) is 13.8 Å². The predicted octanol–water partition coefficient (Wildman–Crippen LogP) is 3.28. The first-order valence-electron chi connectivity index (χ1n) is 10.8. The van der Waals surface area contributed by atoms with E-state index in [0.717, 1.165) is 11.3 Å². The molecule has 3 amide bonds. The summed E-state index contributed by atoms with van der Waals surface area (Å²) in [5, 5.41) is 6.91. The molecule has 0 radical (unpaired) electrons. The number of carbonyl (C=O) groups excluding carboxylic acids is 2. The van der Waals surface area contributed by atoms with Crippen molar-refractivity contribution in [1.82, 2.24) is 20.3 Å². The molecule has 0 saturated carbocycles. The topological polar surface area (TPSA) is 87.9 Å². The Morgan fingerprint density at radius 1 is 1.13 bits per heavy atom. The lowest BCUT2D eigenvalue weighted by Crippen LogP contribution is -2.56. The number of fused-ring (bicyclic) bond motifs is 1. The highest BCUT2D eigenvalue weighted by atomic mass is 16.5. The number of likely N-dealkylation sites (tertiary alicyclic amines) is 1. The van der Waals surface area contributed by atoms with Crippen LogP contribution in [-0.2, 0) is 6.54 Å². The van der Waals surface area contributed by atoms with Crippen LogP contribution in [0.15, 0.2) is 28.8 Å². The van der Waals surface area contributed by atoms with Crippen molar-refractivity contribution in [2.45, 2.75) is 58.7 Å². The van der Waals surface area contributed by atoms with E-state index >= 15 is 0 Å². The van der Waals surface area contributed by atoms with Crippen LogP contribution in [0.1, 0.15) is 54.1 Å². The van der Waals surface area contributed by atoms with Crippen molar-refractivity contribution in [2.75, 3.05) is 19.6 Å². The number of carbonyl (C=O) groups is 2. The summed E-state index contributed by atoms with van der Waals surface area (Å²) in [5.41, 5.74) is 1.54. The Morgan fingerprint density at radius 3 is 2.48 bits per heavy atom. The number of nitrogens with one attached hydrogen (secondary N) is 1. The first-order chi connectivity index (χ1) is 14.8. The lowest BCUT2D eigenvalue weighted by molar-refractivity contribution is -0.00771. The fraction of sp³-hybridized carbons (Fsp3) is 0.522.